The first kappa shape index (κ1) is 13.3. The van der Waals surface area contributed by atoms with Gasteiger partial charge in [-0.15, -0.1) is 0 Å². The number of pyridine rings is 1. The molecule has 0 saturated carbocycles. The Bertz CT molecular complexity index is 580. The molecule has 0 amide bonds. The van der Waals surface area contributed by atoms with Gasteiger partial charge in [-0.2, -0.15) is 0 Å². The minimum Gasteiger partial charge on any atom is -0.383 e. The highest BCUT2D eigenvalue weighted by Crippen LogP contribution is 2.18. The third-order valence-corrected chi connectivity index (χ3v) is 2.93. The lowest BCUT2D eigenvalue weighted by Crippen LogP contribution is -2.10. The van der Waals surface area contributed by atoms with Gasteiger partial charge in [0.15, 0.2) is 0 Å². The number of nitrogens with zero attached hydrogens (tertiary/aromatic N) is 3. The molecule has 2 heterocycles. The van der Waals surface area contributed by atoms with Crippen molar-refractivity contribution in [2.24, 2.45) is 0 Å². The Balaban J connectivity index is 2.17. The summed E-state index contributed by atoms with van der Waals surface area (Å²) in [5.74, 6) is 2.07. The molecule has 19 heavy (non-hydrogen) atoms. The van der Waals surface area contributed by atoms with E-state index in [4.69, 9.17) is 5.73 Å². The molecule has 0 fully saturated rings. The number of rotatable bonds is 4. The summed E-state index contributed by atoms with van der Waals surface area (Å²) < 4.78 is 0. The van der Waals surface area contributed by atoms with Gasteiger partial charge in [-0.1, -0.05) is 13.0 Å². The van der Waals surface area contributed by atoms with Crippen molar-refractivity contribution in [3.8, 4) is 0 Å². The quantitative estimate of drug-likeness (QED) is 0.878. The van der Waals surface area contributed by atoms with E-state index < -0.39 is 0 Å². The highest BCUT2D eigenvalue weighted by molar-refractivity contribution is 5.54. The molecule has 0 aromatic carbocycles. The van der Waals surface area contributed by atoms with Crippen molar-refractivity contribution in [2.75, 3.05) is 11.1 Å². The monoisotopic (exact) mass is 257 g/mol. The molecule has 2 rings (SSSR count). The summed E-state index contributed by atoms with van der Waals surface area (Å²) in [6.07, 6.45) is 0.766. The van der Waals surface area contributed by atoms with E-state index >= 15 is 0 Å². The van der Waals surface area contributed by atoms with Crippen molar-refractivity contribution in [3.63, 3.8) is 0 Å². The average Bonchev–Trinajstić information content (AvgIpc) is 2.40. The zero-order chi connectivity index (χ0) is 13.8. The molecule has 0 atom stereocenters. The highest BCUT2D eigenvalue weighted by atomic mass is 15.1. The van der Waals surface area contributed by atoms with Crippen molar-refractivity contribution in [2.45, 2.75) is 33.7 Å². The van der Waals surface area contributed by atoms with Crippen molar-refractivity contribution in [1.82, 2.24) is 15.0 Å². The summed E-state index contributed by atoms with van der Waals surface area (Å²) in [5.41, 5.74) is 8.75. The van der Waals surface area contributed by atoms with Gasteiger partial charge in [0.2, 0.25) is 0 Å². The summed E-state index contributed by atoms with van der Waals surface area (Å²) in [6.45, 7) is 6.53. The third kappa shape index (κ3) is 3.19. The molecular formula is C14H19N5. The largest absolute Gasteiger partial charge is 0.383 e. The molecule has 0 bridgehead atoms. The van der Waals surface area contributed by atoms with Crippen LogP contribution in [-0.2, 0) is 13.0 Å². The molecule has 0 spiro atoms. The first-order chi connectivity index (χ1) is 9.10. The van der Waals surface area contributed by atoms with E-state index in [0.29, 0.717) is 12.4 Å². The highest BCUT2D eigenvalue weighted by Gasteiger charge is 2.07. The minimum absolute atomic E-state index is 0.534. The van der Waals surface area contributed by atoms with Crippen LogP contribution in [0.15, 0.2) is 18.2 Å². The number of hydrogen-bond acceptors (Lipinski definition) is 5. The molecule has 5 nitrogen and oxygen atoms in total. The first-order valence-electron chi connectivity index (χ1n) is 6.39. The van der Waals surface area contributed by atoms with Gasteiger partial charge in [0, 0.05) is 17.7 Å². The number of aromatic nitrogens is 3. The van der Waals surface area contributed by atoms with Gasteiger partial charge in [-0.3, -0.25) is 4.98 Å². The SMILES string of the molecule is CCc1nc(N)c(C)c(NCc2cccc(C)n2)n1. The second-order valence-corrected chi connectivity index (χ2v) is 4.48. The van der Waals surface area contributed by atoms with Crippen molar-refractivity contribution < 1.29 is 0 Å². The standard InChI is InChI=1S/C14H19N5/c1-4-12-18-13(15)10(3)14(19-12)16-8-11-7-5-6-9(2)17-11/h5-7H,4,8H2,1-3H3,(H3,15,16,18,19). The average molecular weight is 257 g/mol. The minimum atomic E-state index is 0.534. The van der Waals surface area contributed by atoms with Crippen LogP contribution in [0.25, 0.3) is 0 Å². The molecule has 3 N–H and O–H groups in total. The van der Waals surface area contributed by atoms with Crippen LogP contribution in [0, 0.1) is 13.8 Å². The molecule has 2 aromatic heterocycles. The van der Waals surface area contributed by atoms with Crippen LogP contribution < -0.4 is 11.1 Å². The fourth-order valence-corrected chi connectivity index (χ4v) is 1.78. The predicted octanol–water partition coefficient (Wildman–Crippen LogP) is 2.25. The molecular weight excluding hydrogens is 238 g/mol. The molecule has 0 radical (unpaired) electrons. The van der Waals surface area contributed by atoms with Gasteiger partial charge in [-0.05, 0) is 26.0 Å². The molecule has 0 unspecified atom stereocenters. The Morgan fingerprint density at radius 2 is 1.95 bits per heavy atom. The maximum absolute atomic E-state index is 5.88. The Morgan fingerprint density at radius 1 is 1.16 bits per heavy atom. The fraction of sp³-hybridized carbons (Fsp3) is 0.357. The summed E-state index contributed by atoms with van der Waals surface area (Å²) >= 11 is 0. The molecule has 2 aromatic rings. The number of hydrogen-bond donors (Lipinski definition) is 2. The lowest BCUT2D eigenvalue weighted by molar-refractivity contribution is 0.921. The van der Waals surface area contributed by atoms with E-state index in [1.807, 2.05) is 39.0 Å². The lowest BCUT2D eigenvalue weighted by Gasteiger charge is -2.11. The fourth-order valence-electron chi connectivity index (χ4n) is 1.78. The zero-order valence-corrected chi connectivity index (χ0v) is 11.6. The Labute approximate surface area is 113 Å². The maximum Gasteiger partial charge on any atom is 0.135 e. The molecule has 100 valence electrons. The van der Waals surface area contributed by atoms with E-state index in [1.165, 1.54) is 0 Å². The number of aryl methyl sites for hydroxylation is 2. The van der Waals surface area contributed by atoms with Crippen LogP contribution in [0.1, 0.15) is 29.7 Å². The summed E-state index contributed by atoms with van der Waals surface area (Å²) in [7, 11) is 0. The number of nitrogens with one attached hydrogen (secondary N) is 1. The Morgan fingerprint density at radius 3 is 2.63 bits per heavy atom. The Hall–Kier alpha value is -2.17. The maximum atomic E-state index is 5.88. The van der Waals surface area contributed by atoms with Gasteiger partial charge in [-0.25, -0.2) is 9.97 Å². The van der Waals surface area contributed by atoms with Gasteiger partial charge in [0.05, 0.1) is 12.2 Å². The molecule has 0 aliphatic rings. The van der Waals surface area contributed by atoms with Crippen LogP contribution in [0.5, 0.6) is 0 Å². The van der Waals surface area contributed by atoms with Crippen LogP contribution in [0.4, 0.5) is 11.6 Å². The van der Waals surface area contributed by atoms with Gasteiger partial charge in [0.25, 0.3) is 0 Å². The van der Waals surface area contributed by atoms with E-state index in [1.54, 1.807) is 0 Å². The van der Waals surface area contributed by atoms with Gasteiger partial charge < -0.3 is 11.1 Å². The third-order valence-electron chi connectivity index (χ3n) is 2.93. The van der Waals surface area contributed by atoms with Gasteiger partial charge in [0.1, 0.15) is 17.5 Å². The van der Waals surface area contributed by atoms with Crippen molar-refractivity contribution >= 4 is 11.6 Å². The summed E-state index contributed by atoms with van der Waals surface area (Å²) in [5, 5.41) is 3.28. The van der Waals surface area contributed by atoms with Crippen molar-refractivity contribution in [1.29, 1.82) is 0 Å². The number of nitrogen functional groups attached to an aromatic ring is 1. The van der Waals surface area contributed by atoms with Gasteiger partial charge >= 0.3 is 0 Å². The lowest BCUT2D eigenvalue weighted by atomic mass is 10.2. The molecule has 0 saturated heterocycles. The topological polar surface area (TPSA) is 76.7 Å². The van der Waals surface area contributed by atoms with Crippen molar-refractivity contribution in [3.05, 3.63) is 41.0 Å². The van der Waals surface area contributed by atoms with E-state index in [2.05, 4.69) is 20.3 Å². The van der Waals surface area contributed by atoms with Crippen LogP contribution >= 0.6 is 0 Å². The number of nitrogens with two attached hydrogens (primary N) is 1. The van der Waals surface area contributed by atoms with E-state index in [9.17, 15) is 0 Å². The number of anilines is 2. The molecule has 0 aliphatic heterocycles. The second-order valence-electron chi connectivity index (χ2n) is 4.48. The van der Waals surface area contributed by atoms with E-state index in [0.717, 1.165) is 35.0 Å². The second kappa shape index (κ2) is 5.65. The van der Waals surface area contributed by atoms with E-state index in [-0.39, 0.29) is 0 Å². The smallest absolute Gasteiger partial charge is 0.135 e. The van der Waals surface area contributed by atoms with Crippen LogP contribution in [-0.4, -0.2) is 15.0 Å². The Kier molecular flexibility index (Phi) is 3.94. The molecule has 0 aliphatic carbocycles. The summed E-state index contributed by atoms with van der Waals surface area (Å²) in [4.78, 5) is 13.1. The summed E-state index contributed by atoms with van der Waals surface area (Å²) in [6, 6.07) is 5.96. The molecule has 5 heteroatoms. The van der Waals surface area contributed by atoms with Crippen LogP contribution in [0.3, 0.4) is 0 Å². The first-order valence-corrected chi connectivity index (χ1v) is 6.39. The normalized spacial score (nSPS) is 10.5. The zero-order valence-electron chi connectivity index (χ0n) is 11.6. The predicted molar refractivity (Wildman–Crippen MR) is 76.9 cm³/mol. The van der Waals surface area contributed by atoms with Crippen LogP contribution in [0.2, 0.25) is 0 Å².